The van der Waals surface area contributed by atoms with Gasteiger partial charge >= 0.3 is 0 Å². The minimum atomic E-state index is -0.0691. The molecule has 2 aromatic heterocycles. The zero-order valence-corrected chi connectivity index (χ0v) is 14.4. The van der Waals surface area contributed by atoms with E-state index in [0.29, 0.717) is 25.4 Å². The van der Waals surface area contributed by atoms with E-state index in [4.69, 9.17) is 0 Å². The van der Waals surface area contributed by atoms with Gasteiger partial charge in [0.05, 0.1) is 0 Å². The SMILES string of the molecule is Cc1ccc([C@@H]2C[C@@H]2C(=O)NCCC(=O)NCc2cccnc2)s1. The molecule has 2 aromatic rings. The molecule has 0 radical (unpaired) electrons. The molecule has 2 heterocycles. The highest BCUT2D eigenvalue weighted by atomic mass is 32.1. The second-order valence-electron chi connectivity index (χ2n) is 6.08. The fourth-order valence-corrected chi connectivity index (χ4v) is 3.73. The molecule has 126 valence electrons. The summed E-state index contributed by atoms with van der Waals surface area (Å²) in [4.78, 5) is 30.5. The molecule has 1 aliphatic carbocycles. The molecule has 2 atom stereocenters. The molecule has 0 aromatic carbocycles. The molecule has 2 amide bonds. The third-order valence-corrected chi connectivity index (χ3v) is 5.25. The summed E-state index contributed by atoms with van der Waals surface area (Å²) in [5, 5.41) is 5.70. The molecular weight excluding hydrogens is 322 g/mol. The third kappa shape index (κ3) is 4.41. The van der Waals surface area contributed by atoms with E-state index in [0.717, 1.165) is 12.0 Å². The minimum Gasteiger partial charge on any atom is -0.355 e. The fraction of sp³-hybridized carbons (Fsp3) is 0.389. The van der Waals surface area contributed by atoms with Crippen molar-refractivity contribution in [2.75, 3.05) is 6.54 Å². The third-order valence-electron chi connectivity index (χ3n) is 4.12. The molecule has 5 nitrogen and oxygen atoms in total. The molecule has 1 aliphatic rings. The van der Waals surface area contributed by atoms with E-state index in [1.165, 1.54) is 9.75 Å². The van der Waals surface area contributed by atoms with E-state index in [-0.39, 0.29) is 17.7 Å². The summed E-state index contributed by atoms with van der Waals surface area (Å²) < 4.78 is 0. The van der Waals surface area contributed by atoms with Crippen LogP contribution in [-0.4, -0.2) is 23.3 Å². The normalized spacial score (nSPS) is 18.9. The molecule has 24 heavy (non-hydrogen) atoms. The molecule has 1 saturated carbocycles. The first-order valence-electron chi connectivity index (χ1n) is 8.13. The van der Waals surface area contributed by atoms with Gasteiger partial charge in [-0.2, -0.15) is 0 Å². The van der Waals surface area contributed by atoms with Crippen LogP contribution in [0, 0.1) is 12.8 Å². The van der Waals surface area contributed by atoms with E-state index in [9.17, 15) is 9.59 Å². The van der Waals surface area contributed by atoms with Crippen molar-refractivity contribution < 1.29 is 9.59 Å². The molecule has 0 aliphatic heterocycles. The summed E-state index contributed by atoms with van der Waals surface area (Å²) >= 11 is 1.76. The van der Waals surface area contributed by atoms with E-state index in [1.807, 2.05) is 12.1 Å². The maximum Gasteiger partial charge on any atom is 0.223 e. The van der Waals surface area contributed by atoms with Crippen molar-refractivity contribution in [1.29, 1.82) is 0 Å². The molecule has 0 saturated heterocycles. The van der Waals surface area contributed by atoms with Gasteiger partial charge in [0.1, 0.15) is 0 Å². The van der Waals surface area contributed by atoms with Crippen LogP contribution < -0.4 is 10.6 Å². The summed E-state index contributed by atoms with van der Waals surface area (Å²) in [6, 6.07) is 7.96. The van der Waals surface area contributed by atoms with Gasteiger partial charge in [-0.15, -0.1) is 11.3 Å². The van der Waals surface area contributed by atoms with Crippen molar-refractivity contribution in [1.82, 2.24) is 15.6 Å². The van der Waals surface area contributed by atoms with Gasteiger partial charge in [-0.05, 0) is 37.1 Å². The Morgan fingerprint density at radius 3 is 2.88 bits per heavy atom. The lowest BCUT2D eigenvalue weighted by Gasteiger charge is -2.06. The molecule has 1 fully saturated rings. The Bertz CT molecular complexity index is 714. The fourth-order valence-electron chi connectivity index (χ4n) is 2.67. The first kappa shape index (κ1) is 16.6. The maximum atomic E-state index is 12.1. The Kier molecular flexibility index (Phi) is 5.25. The Morgan fingerprint density at radius 1 is 1.29 bits per heavy atom. The van der Waals surface area contributed by atoms with Crippen LogP contribution in [0.2, 0.25) is 0 Å². The molecule has 0 bridgehead atoms. The second-order valence-corrected chi connectivity index (χ2v) is 7.40. The van der Waals surface area contributed by atoms with Crippen molar-refractivity contribution >= 4 is 23.2 Å². The number of aromatic nitrogens is 1. The summed E-state index contributed by atoms with van der Waals surface area (Å²) in [6.07, 6.45) is 4.63. The number of hydrogen-bond acceptors (Lipinski definition) is 4. The number of carbonyl (C=O) groups is 2. The minimum absolute atomic E-state index is 0.0612. The van der Waals surface area contributed by atoms with E-state index in [1.54, 1.807) is 23.7 Å². The largest absolute Gasteiger partial charge is 0.355 e. The highest BCUT2D eigenvalue weighted by Gasteiger charge is 2.44. The summed E-state index contributed by atoms with van der Waals surface area (Å²) in [5.74, 6) is 0.427. The number of pyridine rings is 1. The van der Waals surface area contributed by atoms with E-state index in [2.05, 4.69) is 34.7 Å². The Balaban J connectivity index is 1.33. The van der Waals surface area contributed by atoms with Gasteiger partial charge in [-0.3, -0.25) is 14.6 Å². The van der Waals surface area contributed by atoms with E-state index >= 15 is 0 Å². The van der Waals surface area contributed by atoms with Gasteiger partial charge in [0, 0.05) is 53.5 Å². The Hall–Kier alpha value is -2.21. The second kappa shape index (κ2) is 7.57. The molecular formula is C18H21N3O2S. The van der Waals surface area contributed by atoms with Crippen LogP contribution >= 0.6 is 11.3 Å². The van der Waals surface area contributed by atoms with Gasteiger partial charge in [-0.1, -0.05) is 6.07 Å². The van der Waals surface area contributed by atoms with Gasteiger partial charge in [-0.25, -0.2) is 0 Å². The molecule has 3 rings (SSSR count). The summed E-state index contributed by atoms with van der Waals surface area (Å²) in [5.41, 5.74) is 0.960. The number of carbonyl (C=O) groups excluding carboxylic acids is 2. The molecule has 2 N–H and O–H groups in total. The number of thiophene rings is 1. The average Bonchev–Trinajstić information content (AvgIpc) is 3.28. The predicted molar refractivity (Wildman–Crippen MR) is 93.6 cm³/mol. The lowest BCUT2D eigenvalue weighted by atomic mass is 10.2. The van der Waals surface area contributed by atoms with Gasteiger partial charge in [0.15, 0.2) is 0 Å². The van der Waals surface area contributed by atoms with Crippen LogP contribution in [0.3, 0.4) is 0 Å². The summed E-state index contributed by atoms with van der Waals surface area (Å²) in [6.45, 7) is 2.92. The molecule has 0 spiro atoms. The van der Waals surface area contributed by atoms with Gasteiger partial charge in [0.2, 0.25) is 11.8 Å². The number of rotatable bonds is 7. The molecule has 0 unspecified atom stereocenters. The summed E-state index contributed by atoms with van der Waals surface area (Å²) in [7, 11) is 0. The number of hydrogen-bond donors (Lipinski definition) is 2. The quantitative estimate of drug-likeness (QED) is 0.811. The zero-order chi connectivity index (χ0) is 16.9. The average molecular weight is 343 g/mol. The molecule has 6 heteroatoms. The predicted octanol–water partition coefficient (Wildman–Crippen LogP) is 2.38. The van der Waals surface area contributed by atoms with Crippen LogP contribution in [0.4, 0.5) is 0 Å². The Morgan fingerprint density at radius 2 is 2.17 bits per heavy atom. The van der Waals surface area contributed by atoms with Crippen molar-refractivity contribution in [3.05, 3.63) is 52.0 Å². The van der Waals surface area contributed by atoms with Gasteiger partial charge in [0.25, 0.3) is 0 Å². The monoisotopic (exact) mass is 343 g/mol. The zero-order valence-electron chi connectivity index (χ0n) is 13.6. The number of nitrogens with one attached hydrogen (secondary N) is 2. The topological polar surface area (TPSA) is 71.1 Å². The van der Waals surface area contributed by atoms with Crippen molar-refractivity contribution in [2.24, 2.45) is 5.92 Å². The lowest BCUT2D eigenvalue weighted by Crippen LogP contribution is -2.31. The van der Waals surface area contributed by atoms with Crippen LogP contribution in [0.5, 0.6) is 0 Å². The standard InChI is InChI=1S/C18H21N3O2S/c1-12-4-5-16(24-12)14-9-15(14)18(23)20-8-6-17(22)21-11-13-3-2-7-19-10-13/h2-5,7,10,14-15H,6,8-9,11H2,1H3,(H,20,23)(H,21,22)/t14-,15+/m1/s1. The van der Waals surface area contributed by atoms with Crippen molar-refractivity contribution in [3.8, 4) is 0 Å². The van der Waals surface area contributed by atoms with Gasteiger partial charge < -0.3 is 10.6 Å². The highest BCUT2D eigenvalue weighted by Crippen LogP contribution is 2.49. The number of aryl methyl sites for hydroxylation is 1. The lowest BCUT2D eigenvalue weighted by molar-refractivity contribution is -0.123. The van der Waals surface area contributed by atoms with Crippen LogP contribution in [0.25, 0.3) is 0 Å². The van der Waals surface area contributed by atoms with Crippen molar-refractivity contribution in [2.45, 2.75) is 32.2 Å². The van der Waals surface area contributed by atoms with Crippen LogP contribution in [0.1, 0.15) is 34.1 Å². The first-order valence-corrected chi connectivity index (χ1v) is 8.95. The smallest absolute Gasteiger partial charge is 0.223 e. The van der Waals surface area contributed by atoms with Crippen molar-refractivity contribution in [3.63, 3.8) is 0 Å². The van der Waals surface area contributed by atoms with E-state index < -0.39 is 0 Å². The van der Waals surface area contributed by atoms with Crippen LogP contribution in [0.15, 0.2) is 36.7 Å². The Labute approximate surface area is 145 Å². The first-order chi connectivity index (χ1) is 11.6. The number of amides is 2. The highest BCUT2D eigenvalue weighted by molar-refractivity contribution is 7.12. The maximum absolute atomic E-state index is 12.1. The van der Waals surface area contributed by atoms with Crippen LogP contribution in [-0.2, 0) is 16.1 Å². The number of nitrogens with zero attached hydrogens (tertiary/aromatic N) is 1.